The summed E-state index contributed by atoms with van der Waals surface area (Å²) in [4.78, 5) is 10.6. The molecule has 1 atom stereocenters. The Balaban J connectivity index is 3.65. The van der Waals surface area contributed by atoms with Gasteiger partial charge in [0, 0.05) is 6.92 Å². The quantitative estimate of drug-likeness (QED) is 0.502. The largest absolute Gasteiger partial charge is 0.458 e. The number of hydrogen-bond donors (Lipinski definition) is 1. The smallest absolute Gasteiger partial charge is 0.303 e. The number of allylic oxidation sites excluding steroid dienone is 1. The second-order valence-corrected chi connectivity index (χ2v) is 2.61. The molecule has 0 rings (SSSR count). The molecule has 0 aromatic carbocycles. The average molecular weight is 184 g/mol. The van der Waals surface area contributed by atoms with Gasteiger partial charge in [-0.3, -0.25) is 4.79 Å². The van der Waals surface area contributed by atoms with Gasteiger partial charge in [-0.05, 0) is 12.8 Å². The Morgan fingerprint density at radius 2 is 2.31 bits per heavy atom. The molecule has 0 aliphatic carbocycles. The first-order chi connectivity index (χ1) is 6.20. The summed E-state index contributed by atoms with van der Waals surface area (Å²) in [6.07, 6.45) is 6.37. The summed E-state index contributed by atoms with van der Waals surface area (Å²) in [6.45, 7) is 4.99. The van der Waals surface area contributed by atoms with E-state index in [0.717, 1.165) is 6.42 Å². The molecule has 0 aliphatic heterocycles. The third-order valence-corrected chi connectivity index (χ3v) is 1.47. The predicted molar refractivity (Wildman–Crippen MR) is 51.2 cm³/mol. The van der Waals surface area contributed by atoms with Crippen LogP contribution in [0.5, 0.6) is 0 Å². The van der Waals surface area contributed by atoms with Crippen LogP contribution in [0.1, 0.15) is 19.8 Å². The maximum absolute atomic E-state index is 10.6. The first-order valence-electron chi connectivity index (χ1n) is 4.26. The molecule has 0 saturated carbocycles. The summed E-state index contributed by atoms with van der Waals surface area (Å²) in [7, 11) is 0. The Bertz CT molecular complexity index is 185. The number of ether oxygens (including phenoxy) is 1. The van der Waals surface area contributed by atoms with E-state index in [2.05, 4.69) is 6.58 Å². The van der Waals surface area contributed by atoms with Crippen molar-refractivity contribution in [1.82, 2.24) is 0 Å². The number of hydrogen-bond acceptors (Lipinski definition) is 3. The van der Waals surface area contributed by atoms with Crippen LogP contribution in [0.3, 0.4) is 0 Å². The van der Waals surface area contributed by atoms with Crippen LogP contribution in [0.25, 0.3) is 0 Å². The molecular formula is C10H16O3. The summed E-state index contributed by atoms with van der Waals surface area (Å²) in [5.41, 5.74) is 0. The fourth-order valence-corrected chi connectivity index (χ4v) is 0.891. The van der Waals surface area contributed by atoms with Crippen LogP contribution in [-0.2, 0) is 9.53 Å². The summed E-state index contributed by atoms with van der Waals surface area (Å²) in [5.74, 6) is -0.295. The van der Waals surface area contributed by atoms with E-state index in [4.69, 9.17) is 9.84 Å². The molecule has 0 fully saturated rings. The van der Waals surface area contributed by atoms with Crippen LogP contribution < -0.4 is 0 Å². The second-order valence-electron chi connectivity index (χ2n) is 2.61. The number of aliphatic hydroxyl groups excluding tert-OH is 1. The van der Waals surface area contributed by atoms with E-state index in [-0.39, 0.29) is 18.7 Å². The molecule has 0 heterocycles. The topological polar surface area (TPSA) is 46.5 Å². The van der Waals surface area contributed by atoms with E-state index in [1.165, 1.54) is 6.92 Å². The Hall–Kier alpha value is -1.09. The highest BCUT2D eigenvalue weighted by atomic mass is 16.5. The molecule has 0 aromatic rings. The average Bonchev–Trinajstić information content (AvgIpc) is 2.09. The van der Waals surface area contributed by atoms with Gasteiger partial charge >= 0.3 is 5.97 Å². The van der Waals surface area contributed by atoms with Crippen molar-refractivity contribution in [3.63, 3.8) is 0 Å². The minimum atomic E-state index is -0.295. The molecule has 0 aromatic heterocycles. The van der Waals surface area contributed by atoms with Gasteiger partial charge in [0.25, 0.3) is 0 Å². The normalized spacial score (nSPS) is 12.8. The van der Waals surface area contributed by atoms with Crippen molar-refractivity contribution < 1.29 is 14.6 Å². The summed E-state index contributed by atoms with van der Waals surface area (Å²) >= 11 is 0. The van der Waals surface area contributed by atoms with Gasteiger partial charge in [-0.25, -0.2) is 0 Å². The van der Waals surface area contributed by atoms with Crippen molar-refractivity contribution in [3.05, 3.63) is 24.8 Å². The van der Waals surface area contributed by atoms with Crippen molar-refractivity contribution in [2.45, 2.75) is 25.9 Å². The second kappa shape index (κ2) is 7.55. The third kappa shape index (κ3) is 7.28. The first kappa shape index (κ1) is 11.9. The highest BCUT2D eigenvalue weighted by molar-refractivity contribution is 5.66. The Morgan fingerprint density at radius 3 is 2.77 bits per heavy atom. The van der Waals surface area contributed by atoms with Gasteiger partial charge < -0.3 is 9.84 Å². The number of carbonyl (C=O) groups excluding carboxylic acids is 1. The van der Waals surface area contributed by atoms with Crippen molar-refractivity contribution in [2.75, 3.05) is 6.61 Å². The molecule has 0 spiro atoms. The van der Waals surface area contributed by atoms with Gasteiger partial charge in [0.05, 0.1) is 6.61 Å². The third-order valence-electron chi connectivity index (χ3n) is 1.47. The zero-order valence-electron chi connectivity index (χ0n) is 7.90. The highest BCUT2D eigenvalue weighted by Gasteiger charge is 2.05. The fraction of sp³-hybridized carbons (Fsp3) is 0.500. The first-order valence-corrected chi connectivity index (χ1v) is 4.26. The van der Waals surface area contributed by atoms with E-state index < -0.39 is 0 Å². The number of carbonyl (C=O) groups is 1. The summed E-state index contributed by atoms with van der Waals surface area (Å²) in [6, 6.07) is 0. The van der Waals surface area contributed by atoms with Crippen LogP contribution in [0, 0.1) is 0 Å². The number of esters is 1. The van der Waals surface area contributed by atoms with Crippen molar-refractivity contribution >= 4 is 5.97 Å². The zero-order chi connectivity index (χ0) is 10.1. The summed E-state index contributed by atoms with van der Waals surface area (Å²) in [5, 5.41) is 8.44. The van der Waals surface area contributed by atoms with Gasteiger partial charge in [0.1, 0.15) is 6.10 Å². The van der Waals surface area contributed by atoms with Gasteiger partial charge in [0.2, 0.25) is 0 Å². The maximum atomic E-state index is 10.6. The summed E-state index contributed by atoms with van der Waals surface area (Å²) < 4.78 is 4.93. The van der Waals surface area contributed by atoms with Gasteiger partial charge in [-0.2, -0.15) is 0 Å². The monoisotopic (exact) mass is 184 g/mol. The lowest BCUT2D eigenvalue weighted by Gasteiger charge is -2.10. The lowest BCUT2D eigenvalue weighted by atomic mass is 10.2. The lowest BCUT2D eigenvalue weighted by molar-refractivity contribution is -0.144. The van der Waals surface area contributed by atoms with E-state index in [1.54, 1.807) is 12.2 Å². The van der Waals surface area contributed by atoms with E-state index >= 15 is 0 Å². The minimum absolute atomic E-state index is 0.0479. The molecule has 3 heteroatoms. The van der Waals surface area contributed by atoms with Crippen LogP contribution in [0.15, 0.2) is 24.8 Å². The van der Waals surface area contributed by atoms with E-state index in [0.29, 0.717) is 6.42 Å². The fourth-order valence-electron chi connectivity index (χ4n) is 0.891. The molecule has 1 N–H and O–H groups in total. The molecular weight excluding hydrogens is 168 g/mol. The molecule has 0 radical (unpaired) electrons. The molecule has 0 saturated heterocycles. The van der Waals surface area contributed by atoms with E-state index in [9.17, 15) is 4.79 Å². The Morgan fingerprint density at radius 1 is 1.62 bits per heavy atom. The highest BCUT2D eigenvalue weighted by Crippen LogP contribution is 2.04. The van der Waals surface area contributed by atoms with Crippen LogP contribution >= 0.6 is 0 Å². The maximum Gasteiger partial charge on any atom is 0.303 e. The molecule has 13 heavy (non-hydrogen) atoms. The minimum Gasteiger partial charge on any atom is -0.458 e. The van der Waals surface area contributed by atoms with Crippen molar-refractivity contribution in [1.29, 1.82) is 0 Å². The predicted octanol–water partition coefficient (Wildman–Crippen LogP) is 1.43. The number of aliphatic hydroxyl groups is 1. The van der Waals surface area contributed by atoms with Crippen LogP contribution in [0.4, 0.5) is 0 Å². The van der Waals surface area contributed by atoms with Crippen molar-refractivity contribution in [2.24, 2.45) is 0 Å². The molecule has 74 valence electrons. The van der Waals surface area contributed by atoms with Gasteiger partial charge in [-0.1, -0.05) is 24.8 Å². The molecule has 0 amide bonds. The molecule has 0 aliphatic rings. The molecule has 3 nitrogen and oxygen atoms in total. The lowest BCUT2D eigenvalue weighted by Crippen LogP contribution is -2.12. The van der Waals surface area contributed by atoms with E-state index in [1.807, 2.05) is 6.08 Å². The zero-order valence-corrected chi connectivity index (χ0v) is 7.90. The van der Waals surface area contributed by atoms with Gasteiger partial charge in [0.15, 0.2) is 0 Å². The SMILES string of the molecule is C=CC(CCC=CCO)OC(C)=O. The van der Waals surface area contributed by atoms with Crippen molar-refractivity contribution in [3.8, 4) is 0 Å². The number of rotatable bonds is 6. The molecule has 1 unspecified atom stereocenters. The van der Waals surface area contributed by atoms with Crippen LogP contribution in [-0.4, -0.2) is 23.8 Å². The van der Waals surface area contributed by atoms with Gasteiger partial charge in [-0.15, -0.1) is 0 Å². The molecule has 0 bridgehead atoms. The standard InChI is InChI=1S/C10H16O3/c1-3-10(13-9(2)12)7-5-4-6-8-11/h3-4,6,10-11H,1,5,7-8H2,2H3. The Labute approximate surface area is 78.7 Å². The Kier molecular flexibility index (Phi) is 6.92. The van der Waals surface area contributed by atoms with Crippen LogP contribution in [0.2, 0.25) is 0 Å².